The third-order valence-electron chi connectivity index (χ3n) is 4.06. The highest BCUT2D eigenvalue weighted by Gasteiger charge is 2.53. The van der Waals surface area contributed by atoms with E-state index in [0.29, 0.717) is 35.9 Å². The molecule has 1 saturated heterocycles. The van der Waals surface area contributed by atoms with Crippen LogP contribution >= 0.6 is 0 Å². The molecule has 20 heavy (non-hydrogen) atoms. The maximum Gasteiger partial charge on any atom is 0.333 e. The molecule has 1 aromatic carbocycles. The molecule has 2 aliphatic rings. The number of piperidine rings is 1. The minimum atomic E-state index is -0.357. The van der Waals surface area contributed by atoms with Gasteiger partial charge in [0.1, 0.15) is 5.69 Å². The van der Waals surface area contributed by atoms with Crippen LogP contribution in [0.3, 0.4) is 0 Å². The summed E-state index contributed by atoms with van der Waals surface area (Å²) in [6, 6.07) is 5.58. The Balaban J connectivity index is 1.80. The van der Waals surface area contributed by atoms with E-state index in [1.54, 1.807) is 18.2 Å². The van der Waals surface area contributed by atoms with Crippen LogP contribution in [0.25, 0.3) is 0 Å². The Bertz CT molecular complexity index is 510. The molecule has 108 valence electrons. The molecule has 2 atom stereocenters. The highest BCUT2D eigenvalue weighted by Crippen LogP contribution is 2.46. The van der Waals surface area contributed by atoms with Crippen LogP contribution in [-0.2, 0) is 0 Å². The molecule has 0 aromatic heterocycles. The van der Waals surface area contributed by atoms with Crippen molar-refractivity contribution in [2.45, 2.75) is 19.4 Å². The molecule has 6 nitrogen and oxygen atoms in total. The zero-order valence-electron chi connectivity index (χ0n) is 11.5. The summed E-state index contributed by atoms with van der Waals surface area (Å²) in [5, 5.41) is 18.0. The van der Waals surface area contributed by atoms with Gasteiger partial charge in [-0.3, -0.25) is 10.1 Å². The fourth-order valence-corrected chi connectivity index (χ4v) is 2.97. The van der Waals surface area contributed by atoms with Crippen LogP contribution in [0.15, 0.2) is 18.2 Å². The molecule has 1 heterocycles. The Kier molecular flexibility index (Phi) is 3.48. The Hall–Kier alpha value is -1.82. The number of anilines is 1. The monoisotopic (exact) mass is 277 g/mol. The minimum absolute atomic E-state index is 0.0545. The van der Waals surface area contributed by atoms with E-state index in [9.17, 15) is 10.1 Å². The van der Waals surface area contributed by atoms with Crippen LogP contribution in [0, 0.1) is 22.0 Å². The molecule has 0 amide bonds. The minimum Gasteiger partial charge on any atom is -0.487 e. The largest absolute Gasteiger partial charge is 0.487 e. The standard InChI is InChI=1S/C14H19N3O3/c1-2-6-20-12-5-3-4-11(14(12)17(18)19)16-13-9-7-15-8-10(9)13/h3-5,9-10,13,15-16H,2,6-8H2,1H3. The lowest BCUT2D eigenvalue weighted by Gasteiger charge is -2.12. The lowest BCUT2D eigenvalue weighted by atomic mass is 10.2. The lowest BCUT2D eigenvalue weighted by molar-refractivity contribution is -0.385. The van der Waals surface area contributed by atoms with Crippen molar-refractivity contribution in [2.24, 2.45) is 11.8 Å². The summed E-state index contributed by atoms with van der Waals surface area (Å²) in [6.07, 6.45) is 0.827. The van der Waals surface area contributed by atoms with Crippen molar-refractivity contribution < 1.29 is 9.66 Å². The van der Waals surface area contributed by atoms with Crippen LogP contribution in [0.5, 0.6) is 5.75 Å². The lowest BCUT2D eigenvalue weighted by Crippen LogP contribution is -2.21. The number of hydrogen-bond acceptors (Lipinski definition) is 5. The van der Waals surface area contributed by atoms with Gasteiger partial charge in [-0.15, -0.1) is 0 Å². The number of benzene rings is 1. The van der Waals surface area contributed by atoms with Gasteiger partial charge < -0.3 is 15.4 Å². The molecule has 2 N–H and O–H groups in total. The number of nitrogens with zero attached hydrogens (tertiary/aromatic N) is 1. The molecule has 2 fully saturated rings. The molecular formula is C14H19N3O3. The molecule has 1 saturated carbocycles. The van der Waals surface area contributed by atoms with E-state index >= 15 is 0 Å². The number of nitro groups is 1. The van der Waals surface area contributed by atoms with Crippen molar-refractivity contribution in [1.29, 1.82) is 0 Å². The van der Waals surface area contributed by atoms with E-state index in [1.807, 2.05) is 6.92 Å². The Morgan fingerprint density at radius 3 is 2.85 bits per heavy atom. The summed E-state index contributed by atoms with van der Waals surface area (Å²) < 4.78 is 5.49. The van der Waals surface area contributed by atoms with E-state index < -0.39 is 0 Å². The third-order valence-corrected chi connectivity index (χ3v) is 4.06. The van der Waals surface area contributed by atoms with Gasteiger partial charge in [-0.05, 0) is 30.4 Å². The van der Waals surface area contributed by atoms with Crippen LogP contribution < -0.4 is 15.4 Å². The molecule has 1 aliphatic heterocycles. The second kappa shape index (κ2) is 5.28. The predicted octanol–water partition coefficient (Wildman–Crippen LogP) is 2.01. The number of rotatable bonds is 6. The number of ether oxygens (including phenoxy) is 1. The molecule has 0 radical (unpaired) electrons. The molecule has 1 aromatic rings. The summed E-state index contributed by atoms with van der Waals surface area (Å²) in [4.78, 5) is 11.0. The van der Waals surface area contributed by atoms with Crippen molar-refractivity contribution in [2.75, 3.05) is 25.0 Å². The summed E-state index contributed by atoms with van der Waals surface area (Å²) in [7, 11) is 0. The van der Waals surface area contributed by atoms with Gasteiger partial charge in [-0.1, -0.05) is 13.0 Å². The first-order valence-electron chi connectivity index (χ1n) is 7.09. The molecule has 1 aliphatic carbocycles. The van der Waals surface area contributed by atoms with E-state index in [0.717, 1.165) is 19.5 Å². The van der Waals surface area contributed by atoms with Crippen molar-refractivity contribution in [3.8, 4) is 5.75 Å². The number of para-hydroxylation sites is 1. The zero-order chi connectivity index (χ0) is 14.1. The van der Waals surface area contributed by atoms with Gasteiger partial charge in [-0.2, -0.15) is 0 Å². The van der Waals surface area contributed by atoms with Gasteiger partial charge in [0.25, 0.3) is 0 Å². The highest BCUT2D eigenvalue weighted by atomic mass is 16.6. The van der Waals surface area contributed by atoms with Gasteiger partial charge in [0.15, 0.2) is 5.75 Å². The fourth-order valence-electron chi connectivity index (χ4n) is 2.97. The zero-order valence-corrected chi connectivity index (χ0v) is 11.5. The van der Waals surface area contributed by atoms with Gasteiger partial charge in [0.05, 0.1) is 11.5 Å². The molecule has 2 unspecified atom stereocenters. The predicted molar refractivity (Wildman–Crippen MR) is 76.1 cm³/mol. The van der Waals surface area contributed by atoms with Crippen LogP contribution in [0.4, 0.5) is 11.4 Å². The molecular weight excluding hydrogens is 258 g/mol. The Morgan fingerprint density at radius 1 is 1.45 bits per heavy atom. The topological polar surface area (TPSA) is 76.4 Å². The summed E-state index contributed by atoms with van der Waals surface area (Å²) in [5.74, 6) is 1.57. The van der Waals surface area contributed by atoms with Crippen molar-refractivity contribution >= 4 is 11.4 Å². The van der Waals surface area contributed by atoms with Crippen LogP contribution in [0.1, 0.15) is 13.3 Å². The van der Waals surface area contributed by atoms with Gasteiger partial charge >= 0.3 is 5.69 Å². The average Bonchev–Trinajstić information content (AvgIpc) is 2.87. The molecule has 0 bridgehead atoms. The fraction of sp³-hybridized carbons (Fsp3) is 0.571. The van der Waals surface area contributed by atoms with E-state index in [-0.39, 0.29) is 10.6 Å². The Morgan fingerprint density at radius 2 is 2.20 bits per heavy atom. The van der Waals surface area contributed by atoms with Crippen LogP contribution in [-0.4, -0.2) is 30.7 Å². The highest BCUT2D eigenvalue weighted by molar-refractivity contribution is 5.69. The summed E-state index contributed by atoms with van der Waals surface area (Å²) in [5.41, 5.74) is 0.627. The molecule has 3 rings (SSSR count). The van der Waals surface area contributed by atoms with Gasteiger partial charge in [-0.25, -0.2) is 0 Å². The quantitative estimate of drug-likeness (QED) is 0.614. The first kappa shape index (κ1) is 13.2. The van der Waals surface area contributed by atoms with Crippen molar-refractivity contribution in [3.63, 3.8) is 0 Å². The maximum absolute atomic E-state index is 11.3. The van der Waals surface area contributed by atoms with E-state index in [1.165, 1.54) is 0 Å². The SMILES string of the molecule is CCCOc1cccc(NC2C3CNCC32)c1[N+](=O)[O-]. The summed E-state index contributed by atoms with van der Waals surface area (Å²) >= 11 is 0. The van der Waals surface area contributed by atoms with Gasteiger partial charge in [0.2, 0.25) is 0 Å². The van der Waals surface area contributed by atoms with Crippen molar-refractivity contribution in [3.05, 3.63) is 28.3 Å². The van der Waals surface area contributed by atoms with Gasteiger partial charge in [0, 0.05) is 19.1 Å². The number of nitrogens with one attached hydrogen (secondary N) is 2. The number of fused-ring (bicyclic) bond motifs is 1. The smallest absolute Gasteiger partial charge is 0.333 e. The Labute approximate surface area is 117 Å². The first-order chi connectivity index (χ1) is 9.72. The average molecular weight is 277 g/mol. The molecule has 0 spiro atoms. The number of nitro benzene ring substituents is 1. The maximum atomic E-state index is 11.3. The van der Waals surface area contributed by atoms with E-state index in [4.69, 9.17) is 4.74 Å². The second-order valence-corrected chi connectivity index (χ2v) is 5.41. The number of hydrogen-bond donors (Lipinski definition) is 2. The van der Waals surface area contributed by atoms with Crippen molar-refractivity contribution in [1.82, 2.24) is 5.32 Å². The van der Waals surface area contributed by atoms with Crippen LogP contribution in [0.2, 0.25) is 0 Å². The second-order valence-electron chi connectivity index (χ2n) is 5.41. The third kappa shape index (κ3) is 2.31. The summed E-state index contributed by atoms with van der Waals surface area (Å²) in [6.45, 7) is 4.47. The molecule has 6 heteroatoms. The first-order valence-corrected chi connectivity index (χ1v) is 7.09. The normalized spacial score (nSPS) is 26.9. The van der Waals surface area contributed by atoms with E-state index in [2.05, 4.69) is 10.6 Å².